The van der Waals surface area contributed by atoms with Crippen molar-refractivity contribution in [3.05, 3.63) is 16.5 Å². The molecule has 1 aromatic heterocycles. The number of rotatable bonds is 2. The molecule has 2 amide bonds. The number of carboxylic acid groups (broad SMARTS) is 1. The molecule has 1 aromatic rings. The Morgan fingerprint density at radius 2 is 2.00 bits per heavy atom. The van der Waals surface area contributed by atoms with Crippen LogP contribution in [0.3, 0.4) is 0 Å². The zero-order chi connectivity index (χ0) is 12.3. The maximum Gasteiger partial charge on any atom is 0.346 e. The standard InChI is InChI=1S/C11H9NO4S/c1-4-2-7(17-8(4)11(15)16)12-9(13)5-3-6(5)10(12)14/h2,5-6H,3H2,1H3,(H,15,16). The van der Waals surface area contributed by atoms with Gasteiger partial charge in [-0.1, -0.05) is 0 Å². The number of carbonyl (C=O) groups is 3. The van der Waals surface area contributed by atoms with E-state index in [2.05, 4.69) is 0 Å². The van der Waals surface area contributed by atoms with Crippen LogP contribution in [0.2, 0.25) is 0 Å². The second-order valence-electron chi connectivity index (χ2n) is 4.36. The number of amides is 2. The van der Waals surface area contributed by atoms with E-state index in [4.69, 9.17) is 5.11 Å². The van der Waals surface area contributed by atoms with Crippen LogP contribution in [0.25, 0.3) is 0 Å². The van der Waals surface area contributed by atoms with Crippen molar-refractivity contribution in [2.24, 2.45) is 11.8 Å². The van der Waals surface area contributed by atoms with Gasteiger partial charge < -0.3 is 5.11 Å². The number of carboxylic acids is 1. The molecule has 1 aliphatic carbocycles. The summed E-state index contributed by atoms with van der Waals surface area (Å²) in [6, 6.07) is 1.59. The molecule has 88 valence electrons. The summed E-state index contributed by atoms with van der Waals surface area (Å²) in [5.41, 5.74) is 0.582. The van der Waals surface area contributed by atoms with E-state index in [0.29, 0.717) is 17.0 Å². The topological polar surface area (TPSA) is 74.7 Å². The minimum atomic E-state index is -1.02. The molecule has 2 unspecified atom stereocenters. The lowest BCUT2D eigenvalue weighted by atomic mass is 10.3. The van der Waals surface area contributed by atoms with E-state index >= 15 is 0 Å². The molecule has 1 saturated carbocycles. The SMILES string of the molecule is Cc1cc(N2C(=O)C3CC3C2=O)sc1C(=O)O. The predicted molar refractivity (Wildman–Crippen MR) is 60.1 cm³/mol. The van der Waals surface area contributed by atoms with Gasteiger partial charge in [-0.15, -0.1) is 11.3 Å². The molecule has 2 atom stereocenters. The summed E-state index contributed by atoms with van der Waals surface area (Å²) in [6.07, 6.45) is 0.657. The molecule has 2 heterocycles. The van der Waals surface area contributed by atoms with E-state index in [-0.39, 0.29) is 28.5 Å². The van der Waals surface area contributed by atoms with Crippen LogP contribution < -0.4 is 4.90 Å². The Kier molecular flexibility index (Phi) is 1.95. The summed E-state index contributed by atoms with van der Waals surface area (Å²) in [7, 11) is 0. The van der Waals surface area contributed by atoms with Crippen LogP contribution in [0.1, 0.15) is 21.7 Å². The first kappa shape index (κ1) is 10.5. The van der Waals surface area contributed by atoms with Crippen LogP contribution in [0.15, 0.2) is 6.07 Å². The van der Waals surface area contributed by atoms with E-state index in [9.17, 15) is 14.4 Å². The number of nitrogens with zero attached hydrogens (tertiary/aromatic N) is 1. The molecule has 2 aliphatic rings. The zero-order valence-electron chi connectivity index (χ0n) is 8.97. The lowest BCUT2D eigenvalue weighted by Gasteiger charge is -2.13. The van der Waals surface area contributed by atoms with E-state index in [1.165, 1.54) is 0 Å². The van der Waals surface area contributed by atoms with Gasteiger partial charge in [0.2, 0.25) is 11.8 Å². The highest BCUT2D eigenvalue weighted by atomic mass is 32.1. The molecular formula is C11H9NO4S. The van der Waals surface area contributed by atoms with Crippen molar-refractivity contribution in [2.45, 2.75) is 13.3 Å². The fraction of sp³-hybridized carbons (Fsp3) is 0.364. The van der Waals surface area contributed by atoms with Crippen molar-refractivity contribution in [2.75, 3.05) is 4.90 Å². The third kappa shape index (κ3) is 1.33. The summed E-state index contributed by atoms with van der Waals surface area (Å²) in [5.74, 6) is -1.70. The highest BCUT2D eigenvalue weighted by Gasteiger charge is 2.59. The van der Waals surface area contributed by atoms with Crippen molar-refractivity contribution in [1.82, 2.24) is 0 Å². The van der Waals surface area contributed by atoms with Crippen molar-refractivity contribution < 1.29 is 19.5 Å². The number of hydrogen-bond acceptors (Lipinski definition) is 4. The van der Waals surface area contributed by atoms with Gasteiger partial charge in [0.1, 0.15) is 9.88 Å². The average molecular weight is 251 g/mol. The van der Waals surface area contributed by atoms with Gasteiger partial charge in [0, 0.05) is 0 Å². The van der Waals surface area contributed by atoms with Gasteiger partial charge in [-0.2, -0.15) is 0 Å². The zero-order valence-corrected chi connectivity index (χ0v) is 9.78. The molecule has 17 heavy (non-hydrogen) atoms. The molecule has 0 bridgehead atoms. The van der Waals surface area contributed by atoms with Gasteiger partial charge in [-0.3, -0.25) is 9.59 Å². The Morgan fingerprint density at radius 1 is 1.41 bits per heavy atom. The Balaban J connectivity index is 2.00. The summed E-state index contributed by atoms with van der Waals surface area (Å²) >= 11 is 0.980. The number of imide groups is 1. The number of piperidine rings is 1. The van der Waals surface area contributed by atoms with Gasteiger partial charge >= 0.3 is 5.97 Å². The summed E-state index contributed by atoms with van der Waals surface area (Å²) in [4.78, 5) is 35.9. The van der Waals surface area contributed by atoms with E-state index in [1.54, 1.807) is 13.0 Å². The van der Waals surface area contributed by atoms with E-state index in [1.807, 2.05) is 0 Å². The van der Waals surface area contributed by atoms with Crippen LogP contribution in [0.4, 0.5) is 5.00 Å². The molecule has 1 saturated heterocycles. The smallest absolute Gasteiger partial charge is 0.346 e. The molecule has 0 radical (unpaired) electrons. The lowest BCUT2D eigenvalue weighted by molar-refractivity contribution is -0.123. The maximum absolute atomic E-state index is 11.8. The molecule has 6 heteroatoms. The predicted octanol–water partition coefficient (Wildman–Crippen LogP) is 1.26. The van der Waals surface area contributed by atoms with Gasteiger partial charge in [0.25, 0.3) is 0 Å². The lowest BCUT2D eigenvalue weighted by Crippen LogP contribution is -2.31. The quantitative estimate of drug-likeness (QED) is 0.803. The Morgan fingerprint density at radius 3 is 2.47 bits per heavy atom. The molecular weight excluding hydrogens is 242 g/mol. The van der Waals surface area contributed by atoms with Crippen molar-refractivity contribution >= 4 is 34.1 Å². The number of thiophene rings is 1. The number of anilines is 1. The molecule has 5 nitrogen and oxygen atoms in total. The third-order valence-electron chi connectivity index (χ3n) is 3.19. The first-order chi connectivity index (χ1) is 8.00. The molecule has 0 aromatic carbocycles. The van der Waals surface area contributed by atoms with Gasteiger partial charge in [-0.25, -0.2) is 9.69 Å². The molecule has 0 spiro atoms. The summed E-state index contributed by atoms with van der Waals surface area (Å²) in [6.45, 7) is 1.66. The Hall–Kier alpha value is -1.69. The number of hydrogen-bond donors (Lipinski definition) is 1. The summed E-state index contributed by atoms with van der Waals surface area (Å²) in [5, 5.41) is 9.37. The highest BCUT2D eigenvalue weighted by molar-refractivity contribution is 7.18. The normalized spacial score (nSPS) is 26.3. The monoisotopic (exact) mass is 251 g/mol. The number of aromatic carboxylic acids is 1. The fourth-order valence-electron chi connectivity index (χ4n) is 2.19. The first-order valence-corrected chi connectivity index (χ1v) is 6.04. The summed E-state index contributed by atoms with van der Waals surface area (Å²) < 4.78 is 0. The van der Waals surface area contributed by atoms with E-state index < -0.39 is 5.97 Å². The second-order valence-corrected chi connectivity index (χ2v) is 5.39. The largest absolute Gasteiger partial charge is 0.477 e. The Labute approximate surface area is 101 Å². The fourth-order valence-corrected chi connectivity index (χ4v) is 3.21. The van der Waals surface area contributed by atoms with Gasteiger partial charge in [-0.05, 0) is 25.0 Å². The van der Waals surface area contributed by atoms with Crippen LogP contribution in [0.5, 0.6) is 0 Å². The molecule has 2 fully saturated rings. The van der Waals surface area contributed by atoms with Crippen LogP contribution in [-0.2, 0) is 9.59 Å². The van der Waals surface area contributed by atoms with Crippen molar-refractivity contribution in [3.8, 4) is 0 Å². The molecule has 1 N–H and O–H groups in total. The van der Waals surface area contributed by atoms with Crippen LogP contribution in [0, 0.1) is 18.8 Å². The van der Waals surface area contributed by atoms with Crippen molar-refractivity contribution in [1.29, 1.82) is 0 Å². The Bertz CT molecular complexity index is 542. The average Bonchev–Trinajstić information content (AvgIpc) is 2.90. The van der Waals surface area contributed by atoms with Gasteiger partial charge in [0.05, 0.1) is 11.8 Å². The second kappa shape index (κ2) is 3.16. The third-order valence-corrected chi connectivity index (χ3v) is 4.40. The van der Waals surface area contributed by atoms with E-state index in [0.717, 1.165) is 16.2 Å². The first-order valence-electron chi connectivity index (χ1n) is 5.22. The van der Waals surface area contributed by atoms with Crippen molar-refractivity contribution in [3.63, 3.8) is 0 Å². The molecule has 3 rings (SSSR count). The van der Waals surface area contributed by atoms with Crippen LogP contribution >= 0.6 is 11.3 Å². The number of aryl methyl sites for hydroxylation is 1. The van der Waals surface area contributed by atoms with Gasteiger partial charge in [0.15, 0.2) is 0 Å². The minimum Gasteiger partial charge on any atom is -0.477 e. The van der Waals surface area contributed by atoms with Crippen LogP contribution in [-0.4, -0.2) is 22.9 Å². The molecule has 1 aliphatic heterocycles. The minimum absolute atomic E-state index is 0.154. The number of carbonyl (C=O) groups excluding carboxylic acids is 2. The maximum atomic E-state index is 11.8. The number of fused-ring (bicyclic) bond motifs is 1. The highest BCUT2D eigenvalue weighted by Crippen LogP contribution is 2.49.